The van der Waals surface area contributed by atoms with E-state index in [1.165, 1.54) is 0 Å². The molecule has 0 radical (unpaired) electrons. The van der Waals surface area contributed by atoms with E-state index < -0.39 is 0 Å². The van der Waals surface area contributed by atoms with Crippen LogP contribution in [0.1, 0.15) is 22.8 Å². The van der Waals surface area contributed by atoms with Gasteiger partial charge in [-0.25, -0.2) is 0 Å². The number of hydrogen-bond donors (Lipinski definition) is 1. The molecule has 2 aromatic rings. The molecule has 2 rings (SSSR count). The maximum Gasteiger partial charge on any atom is 0.253 e. The zero-order valence-corrected chi connectivity index (χ0v) is 12.0. The Morgan fingerprint density at radius 2 is 2.00 bits per heavy atom. The largest absolute Gasteiger partial charge is 0.494 e. The summed E-state index contributed by atoms with van der Waals surface area (Å²) in [4.78, 5) is 15.7. The SMILES string of the molecule is CCOc1ccc(CNC(=O)c2cccnc2)cc1.Cl. The van der Waals surface area contributed by atoms with Crippen LogP contribution in [0.25, 0.3) is 0 Å². The van der Waals surface area contributed by atoms with E-state index in [1.807, 2.05) is 31.2 Å². The summed E-state index contributed by atoms with van der Waals surface area (Å²) in [6, 6.07) is 11.2. The second-order valence-corrected chi connectivity index (χ2v) is 4.00. The minimum atomic E-state index is -0.123. The van der Waals surface area contributed by atoms with Gasteiger partial charge in [0.2, 0.25) is 0 Å². The highest BCUT2D eigenvalue weighted by molar-refractivity contribution is 5.93. The quantitative estimate of drug-likeness (QED) is 0.922. The van der Waals surface area contributed by atoms with Gasteiger partial charge in [0.05, 0.1) is 12.2 Å². The van der Waals surface area contributed by atoms with Crippen molar-refractivity contribution >= 4 is 18.3 Å². The molecule has 1 amide bonds. The van der Waals surface area contributed by atoms with Gasteiger partial charge in [0.1, 0.15) is 5.75 Å². The van der Waals surface area contributed by atoms with Crippen molar-refractivity contribution in [2.24, 2.45) is 0 Å². The van der Waals surface area contributed by atoms with Crippen LogP contribution in [0.5, 0.6) is 5.75 Å². The van der Waals surface area contributed by atoms with Crippen molar-refractivity contribution in [1.82, 2.24) is 10.3 Å². The lowest BCUT2D eigenvalue weighted by Gasteiger charge is -2.07. The van der Waals surface area contributed by atoms with E-state index in [2.05, 4.69) is 10.3 Å². The zero-order chi connectivity index (χ0) is 13.5. The summed E-state index contributed by atoms with van der Waals surface area (Å²) in [6.45, 7) is 3.08. The van der Waals surface area contributed by atoms with Gasteiger partial charge >= 0.3 is 0 Å². The molecule has 1 N–H and O–H groups in total. The summed E-state index contributed by atoms with van der Waals surface area (Å²) in [5.74, 6) is 0.715. The number of pyridine rings is 1. The van der Waals surface area contributed by atoms with Crippen LogP contribution in [0.4, 0.5) is 0 Å². The van der Waals surface area contributed by atoms with Crippen LogP contribution in [0, 0.1) is 0 Å². The fourth-order valence-electron chi connectivity index (χ4n) is 1.65. The molecule has 0 bridgehead atoms. The molecule has 1 heterocycles. The molecule has 4 nitrogen and oxygen atoms in total. The Morgan fingerprint density at radius 3 is 2.60 bits per heavy atom. The number of aromatic nitrogens is 1. The van der Waals surface area contributed by atoms with Crippen LogP contribution in [-0.2, 0) is 6.54 Å². The third-order valence-electron chi connectivity index (χ3n) is 2.61. The Hall–Kier alpha value is -2.07. The number of nitrogens with zero attached hydrogens (tertiary/aromatic N) is 1. The van der Waals surface area contributed by atoms with Crippen molar-refractivity contribution in [2.45, 2.75) is 13.5 Å². The standard InChI is InChI=1S/C15H16N2O2.ClH/c1-2-19-14-7-5-12(6-8-14)10-17-15(18)13-4-3-9-16-11-13;/h3-9,11H,2,10H2,1H3,(H,17,18);1H. The van der Waals surface area contributed by atoms with Gasteiger partial charge in [0, 0.05) is 18.9 Å². The Bertz CT molecular complexity index is 529. The van der Waals surface area contributed by atoms with Crippen molar-refractivity contribution in [3.8, 4) is 5.75 Å². The summed E-state index contributed by atoms with van der Waals surface area (Å²) in [5.41, 5.74) is 1.59. The molecule has 0 aliphatic heterocycles. The highest BCUT2D eigenvalue weighted by Gasteiger charge is 2.04. The van der Waals surface area contributed by atoms with Gasteiger partial charge < -0.3 is 10.1 Å². The lowest BCUT2D eigenvalue weighted by molar-refractivity contribution is 0.0950. The van der Waals surface area contributed by atoms with Gasteiger partial charge in [-0.15, -0.1) is 12.4 Å². The molecule has 0 saturated heterocycles. The van der Waals surface area contributed by atoms with Crippen molar-refractivity contribution < 1.29 is 9.53 Å². The molecular formula is C15H17ClN2O2. The second-order valence-electron chi connectivity index (χ2n) is 4.00. The normalized spacial score (nSPS) is 9.45. The first-order valence-corrected chi connectivity index (χ1v) is 6.19. The maximum absolute atomic E-state index is 11.8. The Balaban J connectivity index is 0.00000200. The van der Waals surface area contributed by atoms with Gasteiger partial charge in [-0.05, 0) is 36.8 Å². The third-order valence-corrected chi connectivity index (χ3v) is 2.61. The minimum Gasteiger partial charge on any atom is -0.494 e. The monoisotopic (exact) mass is 292 g/mol. The van der Waals surface area contributed by atoms with Crippen molar-refractivity contribution in [3.63, 3.8) is 0 Å². The molecule has 106 valence electrons. The molecular weight excluding hydrogens is 276 g/mol. The van der Waals surface area contributed by atoms with Crippen LogP contribution in [0.2, 0.25) is 0 Å². The third kappa shape index (κ3) is 4.55. The number of benzene rings is 1. The van der Waals surface area contributed by atoms with Crippen LogP contribution in [-0.4, -0.2) is 17.5 Å². The van der Waals surface area contributed by atoms with E-state index in [0.29, 0.717) is 18.7 Å². The van der Waals surface area contributed by atoms with E-state index in [0.717, 1.165) is 11.3 Å². The molecule has 1 aromatic heterocycles. The van der Waals surface area contributed by atoms with Crippen LogP contribution in [0.15, 0.2) is 48.8 Å². The fourth-order valence-corrected chi connectivity index (χ4v) is 1.65. The van der Waals surface area contributed by atoms with Gasteiger partial charge in [-0.1, -0.05) is 12.1 Å². The lowest BCUT2D eigenvalue weighted by Crippen LogP contribution is -2.22. The molecule has 0 fully saturated rings. The Kier molecular flexibility index (Phi) is 6.53. The average Bonchev–Trinajstić information content (AvgIpc) is 2.47. The predicted molar refractivity (Wildman–Crippen MR) is 80.3 cm³/mol. The highest BCUT2D eigenvalue weighted by atomic mass is 35.5. The molecule has 0 unspecified atom stereocenters. The molecule has 0 saturated carbocycles. The van der Waals surface area contributed by atoms with Crippen molar-refractivity contribution in [3.05, 3.63) is 59.9 Å². The minimum absolute atomic E-state index is 0. The summed E-state index contributed by atoms with van der Waals surface area (Å²) in [7, 11) is 0. The van der Waals surface area contributed by atoms with E-state index >= 15 is 0 Å². The number of nitrogens with one attached hydrogen (secondary N) is 1. The summed E-state index contributed by atoms with van der Waals surface area (Å²) in [5, 5.41) is 2.85. The van der Waals surface area contributed by atoms with Crippen LogP contribution in [0.3, 0.4) is 0 Å². The van der Waals surface area contributed by atoms with Gasteiger partial charge in [0.15, 0.2) is 0 Å². The zero-order valence-electron chi connectivity index (χ0n) is 11.2. The smallest absolute Gasteiger partial charge is 0.253 e. The molecule has 20 heavy (non-hydrogen) atoms. The molecule has 1 aromatic carbocycles. The average molecular weight is 293 g/mol. The second kappa shape index (κ2) is 8.17. The van der Waals surface area contributed by atoms with Crippen molar-refractivity contribution in [2.75, 3.05) is 6.61 Å². The first-order chi connectivity index (χ1) is 9.29. The fraction of sp³-hybridized carbons (Fsp3) is 0.200. The number of halogens is 1. The predicted octanol–water partition coefficient (Wildman–Crippen LogP) is 2.83. The van der Waals surface area contributed by atoms with Gasteiger partial charge in [-0.3, -0.25) is 9.78 Å². The van der Waals surface area contributed by atoms with E-state index in [1.54, 1.807) is 24.5 Å². The molecule has 0 aliphatic carbocycles. The van der Waals surface area contributed by atoms with Crippen LogP contribution >= 0.6 is 12.4 Å². The Labute approximate surface area is 124 Å². The number of rotatable bonds is 5. The number of amides is 1. The highest BCUT2D eigenvalue weighted by Crippen LogP contribution is 2.11. The molecule has 0 aliphatic rings. The molecule has 0 spiro atoms. The van der Waals surface area contributed by atoms with Gasteiger partial charge in [-0.2, -0.15) is 0 Å². The molecule has 0 atom stereocenters. The van der Waals surface area contributed by atoms with Crippen LogP contribution < -0.4 is 10.1 Å². The number of hydrogen-bond acceptors (Lipinski definition) is 3. The summed E-state index contributed by atoms with van der Waals surface area (Å²) < 4.78 is 5.36. The lowest BCUT2D eigenvalue weighted by atomic mass is 10.2. The van der Waals surface area contributed by atoms with E-state index in [-0.39, 0.29) is 18.3 Å². The van der Waals surface area contributed by atoms with Crippen molar-refractivity contribution in [1.29, 1.82) is 0 Å². The first-order valence-electron chi connectivity index (χ1n) is 6.19. The van der Waals surface area contributed by atoms with Gasteiger partial charge in [0.25, 0.3) is 5.91 Å². The Morgan fingerprint density at radius 1 is 1.25 bits per heavy atom. The maximum atomic E-state index is 11.8. The topological polar surface area (TPSA) is 51.2 Å². The number of carbonyl (C=O) groups excluding carboxylic acids is 1. The molecule has 5 heteroatoms. The van der Waals surface area contributed by atoms with E-state index in [9.17, 15) is 4.79 Å². The first kappa shape index (κ1) is 16.0. The number of carbonyl (C=O) groups is 1. The summed E-state index contributed by atoms with van der Waals surface area (Å²) >= 11 is 0. The van der Waals surface area contributed by atoms with E-state index in [4.69, 9.17) is 4.74 Å². The number of ether oxygens (including phenoxy) is 1. The summed E-state index contributed by atoms with van der Waals surface area (Å²) in [6.07, 6.45) is 3.19.